The van der Waals surface area contributed by atoms with Crippen molar-refractivity contribution in [2.75, 3.05) is 4.90 Å². The molecule has 0 saturated heterocycles. The van der Waals surface area contributed by atoms with Gasteiger partial charge < -0.3 is 14.6 Å². The van der Waals surface area contributed by atoms with Crippen molar-refractivity contribution in [3.05, 3.63) is 58.1 Å². The van der Waals surface area contributed by atoms with Gasteiger partial charge in [0.25, 0.3) is 0 Å². The Bertz CT molecular complexity index is 1880. The molecule has 13 heteroatoms. The van der Waals surface area contributed by atoms with Gasteiger partial charge in [0.1, 0.15) is 24.7 Å². The first-order chi connectivity index (χ1) is 24.9. The largest absolute Gasteiger partial charge is 0.481 e. The summed E-state index contributed by atoms with van der Waals surface area (Å²) in [7, 11) is 0. The molecule has 0 aliphatic heterocycles. The minimum Gasteiger partial charge on any atom is -0.481 e. The number of carboxylic acids is 1. The number of nitro benzene ring substituents is 1. The smallest absolute Gasteiger partial charge is 0.415 e. The number of aromatic nitrogens is 2. The van der Waals surface area contributed by atoms with Crippen LogP contribution in [0.25, 0.3) is 11.0 Å². The molecule has 3 aromatic rings. The van der Waals surface area contributed by atoms with Crippen molar-refractivity contribution in [1.82, 2.24) is 10.3 Å². The number of ketones is 1. The van der Waals surface area contributed by atoms with Gasteiger partial charge in [-0.25, -0.2) is 9.42 Å². The van der Waals surface area contributed by atoms with E-state index in [-0.39, 0.29) is 46.0 Å². The second-order valence-electron chi connectivity index (χ2n) is 16.2. The van der Waals surface area contributed by atoms with E-state index in [4.69, 9.17) is 9.37 Å². The molecule has 0 spiro atoms. The average Bonchev–Trinajstić information content (AvgIpc) is 3.76. The van der Waals surface area contributed by atoms with E-state index in [1.54, 1.807) is 31.2 Å². The van der Waals surface area contributed by atoms with E-state index >= 15 is 0 Å². The lowest BCUT2D eigenvalue weighted by Crippen LogP contribution is -2.56. The van der Waals surface area contributed by atoms with Crippen LogP contribution in [0.15, 0.2) is 47.1 Å². The monoisotopic (exact) mass is 714 g/mol. The van der Waals surface area contributed by atoms with Crippen LogP contribution in [-0.2, 0) is 25.7 Å². The van der Waals surface area contributed by atoms with Crippen molar-refractivity contribution >= 4 is 46.5 Å². The fourth-order valence-electron chi connectivity index (χ4n) is 11.6. The van der Waals surface area contributed by atoms with Gasteiger partial charge in [-0.05, 0) is 127 Å². The molecule has 1 aromatic heterocycles. The topological polar surface area (TPSA) is 183 Å². The Balaban J connectivity index is 1.19. The van der Waals surface area contributed by atoms with Gasteiger partial charge in [-0.1, -0.05) is 44.2 Å². The number of fused-ring (bicyclic) bond motifs is 6. The zero-order chi connectivity index (χ0) is 36.9. The number of nitrogens with zero attached hydrogens (tertiary/aromatic N) is 4. The quantitative estimate of drug-likeness (QED) is 0.125. The highest BCUT2D eigenvalue weighted by atomic mass is 16.6. The highest BCUT2D eigenvalue weighted by Gasteiger charge is 2.61. The summed E-state index contributed by atoms with van der Waals surface area (Å²) in [6.45, 7) is 6.29. The minimum atomic E-state index is -1.52. The zero-order valence-corrected chi connectivity index (χ0v) is 29.8. The summed E-state index contributed by atoms with van der Waals surface area (Å²) in [4.78, 5) is 65.2. The van der Waals surface area contributed by atoms with E-state index in [9.17, 15) is 34.4 Å². The van der Waals surface area contributed by atoms with Crippen LogP contribution in [0.5, 0.6) is 0 Å². The number of carbonyl (C=O) groups is 4. The van der Waals surface area contributed by atoms with Gasteiger partial charge in [-0.3, -0.25) is 24.6 Å². The van der Waals surface area contributed by atoms with Crippen LogP contribution in [0, 0.1) is 62.4 Å². The summed E-state index contributed by atoms with van der Waals surface area (Å²) in [5, 5.41) is 30.1. The second-order valence-corrected chi connectivity index (χ2v) is 16.2. The van der Waals surface area contributed by atoms with E-state index in [2.05, 4.69) is 24.2 Å². The first-order valence-corrected chi connectivity index (χ1v) is 18.5. The molecular formula is C39H46N4O9. The number of aldehydes is 1. The lowest BCUT2D eigenvalue weighted by Gasteiger charge is -2.61. The fourth-order valence-corrected chi connectivity index (χ4v) is 11.6. The predicted molar refractivity (Wildman–Crippen MR) is 188 cm³/mol. The lowest BCUT2D eigenvalue weighted by atomic mass is 9.43. The third kappa shape index (κ3) is 5.85. The van der Waals surface area contributed by atoms with Crippen molar-refractivity contribution in [1.29, 1.82) is 0 Å². The fraction of sp³-hybridized carbons (Fsp3) is 0.590. The standard InChI is InChI=1S/C39H46N4O9/c1-22(45)27-11-12-28-26-10-9-25-19-24(15-17-38(25,2)29(26)16-18-39(27,28)3)33(36(46)47)32(20-44)42(37(48)51-21-23-7-5-4-6-8-23)30-13-14-31(43(49)50)35-34(30)40-52-41-35/h4-8,13-14,20,24-29,32-33H,9-12,15-19,21H2,1-3H3,(H,46,47)/t24-,25?,26?,27+,28?,29?,32+,33?,38-,39+/m0/s1. The van der Waals surface area contributed by atoms with Crippen LogP contribution in [0.2, 0.25) is 0 Å². The Morgan fingerprint density at radius 3 is 2.40 bits per heavy atom. The van der Waals surface area contributed by atoms with Crippen molar-refractivity contribution < 1.29 is 38.6 Å². The van der Waals surface area contributed by atoms with E-state index in [1.165, 1.54) is 6.07 Å². The molecule has 10 atom stereocenters. The van der Waals surface area contributed by atoms with Crippen LogP contribution >= 0.6 is 0 Å². The Labute approximate surface area is 301 Å². The molecule has 0 radical (unpaired) electrons. The molecule has 13 nitrogen and oxygen atoms in total. The number of anilines is 1. The molecule has 1 amide bonds. The van der Waals surface area contributed by atoms with Gasteiger partial charge in [0, 0.05) is 12.0 Å². The molecule has 52 heavy (non-hydrogen) atoms. The van der Waals surface area contributed by atoms with Crippen molar-refractivity contribution in [3.8, 4) is 0 Å². The van der Waals surface area contributed by atoms with Gasteiger partial charge in [-0.2, -0.15) is 0 Å². The number of ether oxygens (including phenoxy) is 1. The molecular weight excluding hydrogens is 668 g/mol. The Hall–Kier alpha value is -4.68. The molecule has 2 aromatic carbocycles. The molecule has 4 aliphatic carbocycles. The molecule has 4 aliphatic rings. The van der Waals surface area contributed by atoms with Gasteiger partial charge in [0.2, 0.25) is 5.52 Å². The lowest BCUT2D eigenvalue weighted by molar-refractivity contribution is -0.383. The van der Waals surface area contributed by atoms with E-state index in [0.29, 0.717) is 48.2 Å². The maximum Gasteiger partial charge on any atom is 0.415 e. The first kappa shape index (κ1) is 35.7. The normalized spacial score (nSPS) is 32.1. The number of rotatable bonds is 10. The second kappa shape index (κ2) is 13.7. The van der Waals surface area contributed by atoms with Crippen LogP contribution in [0.1, 0.15) is 84.1 Å². The first-order valence-electron chi connectivity index (χ1n) is 18.5. The Morgan fingerprint density at radius 2 is 1.71 bits per heavy atom. The predicted octanol–water partition coefficient (Wildman–Crippen LogP) is 7.41. The van der Waals surface area contributed by atoms with Gasteiger partial charge in [0.15, 0.2) is 5.52 Å². The van der Waals surface area contributed by atoms with Crippen LogP contribution < -0.4 is 4.90 Å². The summed E-state index contributed by atoms with van der Waals surface area (Å²) < 4.78 is 10.5. The number of nitro groups is 1. The number of amides is 1. The summed E-state index contributed by atoms with van der Waals surface area (Å²) in [5.41, 5.74) is -0.195. The Kier molecular flexibility index (Phi) is 9.41. The number of hydrogen-bond acceptors (Lipinski definition) is 10. The maximum absolute atomic E-state index is 14.0. The number of hydrogen-bond donors (Lipinski definition) is 1. The Morgan fingerprint density at radius 1 is 1.00 bits per heavy atom. The highest BCUT2D eigenvalue weighted by Crippen LogP contribution is 2.68. The third-order valence-electron chi connectivity index (χ3n) is 14.0. The van der Waals surface area contributed by atoms with Gasteiger partial charge in [0.05, 0.1) is 16.5 Å². The van der Waals surface area contributed by atoms with Crippen molar-refractivity contribution in [2.45, 2.75) is 91.2 Å². The van der Waals surface area contributed by atoms with Gasteiger partial charge in [-0.15, -0.1) is 0 Å². The molecule has 7 rings (SSSR count). The van der Waals surface area contributed by atoms with Crippen LogP contribution in [0.4, 0.5) is 16.2 Å². The number of carboxylic acid groups (broad SMARTS) is 1. The number of aliphatic carboxylic acids is 1. The number of carbonyl (C=O) groups excluding carboxylic acids is 3. The van der Waals surface area contributed by atoms with Crippen LogP contribution in [0.3, 0.4) is 0 Å². The third-order valence-corrected chi connectivity index (χ3v) is 14.0. The summed E-state index contributed by atoms with van der Waals surface area (Å²) in [5.74, 6) is -0.737. The van der Waals surface area contributed by atoms with Crippen molar-refractivity contribution in [3.63, 3.8) is 0 Å². The molecule has 4 fully saturated rings. The zero-order valence-electron chi connectivity index (χ0n) is 29.8. The molecule has 0 bridgehead atoms. The number of Topliss-reactive ketones (excluding diaryl/α,β-unsaturated/α-hetero) is 1. The molecule has 276 valence electrons. The van der Waals surface area contributed by atoms with Crippen LogP contribution in [-0.4, -0.2) is 50.5 Å². The average molecular weight is 715 g/mol. The maximum atomic E-state index is 14.0. The van der Waals surface area contributed by atoms with Gasteiger partial charge >= 0.3 is 17.7 Å². The summed E-state index contributed by atoms with van der Waals surface area (Å²) in [6, 6.07) is 9.75. The molecule has 5 unspecified atom stereocenters. The summed E-state index contributed by atoms with van der Waals surface area (Å²) >= 11 is 0. The van der Waals surface area contributed by atoms with E-state index < -0.39 is 40.6 Å². The highest BCUT2D eigenvalue weighted by molar-refractivity contribution is 6.04. The van der Waals surface area contributed by atoms with E-state index in [0.717, 1.165) is 55.9 Å². The van der Waals surface area contributed by atoms with E-state index in [1.807, 2.05) is 6.07 Å². The van der Waals surface area contributed by atoms with Crippen molar-refractivity contribution in [2.24, 2.45) is 52.3 Å². The SMILES string of the molecule is CC(=O)[C@H]1CCC2C3CCC4C[C@@H](C(C(=O)O)[C@@H](C=O)N(C(=O)OCc5ccccc5)c5ccc([N+](=O)[O-])c6nonc56)CC[C@]4(C)C3CC[C@@]21C. The summed E-state index contributed by atoms with van der Waals surface area (Å²) in [6.07, 6.45) is 7.52. The molecule has 1 heterocycles. The number of non-ortho nitro benzene ring substituents is 1. The minimum absolute atomic E-state index is 0.00000186. The number of benzene rings is 2. The molecule has 4 saturated carbocycles. The molecule has 1 N–H and O–H groups in total.